The molecule has 3 nitrogen and oxygen atoms in total. The molecule has 0 atom stereocenters. The monoisotopic (exact) mass is 342 g/mol. The van der Waals surface area contributed by atoms with Crippen LogP contribution in [0.15, 0.2) is 18.2 Å². The molecule has 1 rings (SSSR count). The Balaban J connectivity index is 2.78. The van der Waals surface area contributed by atoms with E-state index in [1.165, 1.54) is 0 Å². The average Bonchev–Trinajstić information content (AvgIpc) is 2.47. The number of alkyl halides is 1. The Hall–Kier alpha value is -1.03. The predicted octanol–water partition coefficient (Wildman–Crippen LogP) is 4.72. The molecular weight excluding hydrogens is 320 g/mol. The molecule has 0 spiro atoms. The summed E-state index contributed by atoms with van der Waals surface area (Å²) < 4.78 is 11.0. The first kappa shape index (κ1) is 17.0. The van der Waals surface area contributed by atoms with Gasteiger partial charge in [0.1, 0.15) is 11.3 Å². The first-order chi connectivity index (χ1) is 9.72. The molecule has 112 valence electrons. The van der Waals surface area contributed by atoms with Crippen LogP contribution in [0.1, 0.15) is 55.5 Å². The van der Waals surface area contributed by atoms with Gasteiger partial charge >= 0.3 is 5.97 Å². The Bertz CT molecular complexity index is 418. The third-order valence-corrected chi connectivity index (χ3v) is 3.55. The molecule has 0 saturated heterocycles. The van der Waals surface area contributed by atoms with Crippen molar-refractivity contribution < 1.29 is 14.3 Å². The van der Waals surface area contributed by atoms with Gasteiger partial charge in [-0.05, 0) is 30.5 Å². The summed E-state index contributed by atoms with van der Waals surface area (Å²) in [6, 6.07) is 5.60. The molecule has 0 bridgehead atoms. The van der Waals surface area contributed by atoms with Crippen molar-refractivity contribution in [3.05, 3.63) is 29.3 Å². The third kappa shape index (κ3) is 5.53. The number of rotatable bonds is 9. The zero-order valence-corrected chi connectivity index (χ0v) is 13.9. The number of hydrogen-bond donors (Lipinski definition) is 0. The van der Waals surface area contributed by atoms with Crippen molar-refractivity contribution in [1.29, 1.82) is 0 Å². The van der Waals surface area contributed by atoms with Crippen LogP contribution in [0.5, 0.6) is 5.75 Å². The van der Waals surface area contributed by atoms with Crippen LogP contribution >= 0.6 is 15.9 Å². The molecule has 0 amide bonds. The lowest BCUT2D eigenvalue weighted by molar-refractivity contribution is 0.0495. The summed E-state index contributed by atoms with van der Waals surface area (Å²) in [4.78, 5) is 12.1. The van der Waals surface area contributed by atoms with Gasteiger partial charge in [-0.2, -0.15) is 0 Å². The number of esters is 1. The minimum Gasteiger partial charge on any atom is -0.493 e. The molecule has 0 radical (unpaired) electrons. The normalized spacial score (nSPS) is 10.3. The van der Waals surface area contributed by atoms with E-state index in [2.05, 4.69) is 29.8 Å². The van der Waals surface area contributed by atoms with Crippen LogP contribution < -0.4 is 4.74 Å². The summed E-state index contributed by atoms with van der Waals surface area (Å²) >= 11 is 3.41. The predicted molar refractivity (Wildman–Crippen MR) is 84.7 cm³/mol. The Kier molecular flexibility index (Phi) is 8.35. The van der Waals surface area contributed by atoms with Crippen LogP contribution in [0, 0.1) is 0 Å². The number of ether oxygens (including phenoxy) is 2. The quantitative estimate of drug-likeness (QED) is 0.370. The van der Waals surface area contributed by atoms with E-state index in [4.69, 9.17) is 9.47 Å². The van der Waals surface area contributed by atoms with Crippen LogP contribution in [-0.2, 0) is 10.1 Å². The van der Waals surface area contributed by atoms with E-state index < -0.39 is 0 Å². The highest BCUT2D eigenvalue weighted by atomic mass is 79.9. The maximum absolute atomic E-state index is 12.1. The van der Waals surface area contributed by atoms with Crippen LogP contribution in [0.2, 0.25) is 0 Å². The molecule has 0 aliphatic heterocycles. The van der Waals surface area contributed by atoms with Gasteiger partial charge in [0.25, 0.3) is 0 Å². The topological polar surface area (TPSA) is 35.5 Å². The molecule has 20 heavy (non-hydrogen) atoms. The summed E-state index contributed by atoms with van der Waals surface area (Å²) in [5.41, 5.74) is 1.60. The van der Waals surface area contributed by atoms with Gasteiger partial charge in [0.2, 0.25) is 0 Å². The Morgan fingerprint density at radius 1 is 1.15 bits per heavy atom. The second-order valence-corrected chi connectivity index (χ2v) is 5.22. The first-order valence-corrected chi connectivity index (χ1v) is 8.33. The number of carbonyl (C=O) groups is 1. The van der Waals surface area contributed by atoms with E-state index in [0.717, 1.165) is 36.6 Å². The zero-order valence-electron chi connectivity index (χ0n) is 12.3. The van der Waals surface area contributed by atoms with Crippen molar-refractivity contribution in [2.24, 2.45) is 0 Å². The maximum Gasteiger partial charge on any atom is 0.341 e. The minimum atomic E-state index is -0.300. The molecule has 0 N–H and O–H groups in total. The lowest BCUT2D eigenvalue weighted by Crippen LogP contribution is -2.10. The number of halogens is 1. The average molecular weight is 343 g/mol. The molecule has 0 fully saturated rings. The smallest absolute Gasteiger partial charge is 0.341 e. The second kappa shape index (κ2) is 9.81. The zero-order chi connectivity index (χ0) is 14.8. The van der Waals surface area contributed by atoms with E-state index in [9.17, 15) is 4.79 Å². The molecule has 0 saturated carbocycles. The van der Waals surface area contributed by atoms with Gasteiger partial charge in [-0.1, -0.05) is 48.7 Å². The van der Waals surface area contributed by atoms with E-state index in [0.29, 0.717) is 24.5 Å². The number of carbonyl (C=O) groups excluding carboxylic acids is 1. The van der Waals surface area contributed by atoms with Crippen LogP contribution in [0.25, 0.3) is 0 Å². The van der Waals surface area contributed by atoms with Crippen molar-refractivity contribution in [2.45, 2.75) is 44.9 Å². The summed E-state index contributed by atoms with van der Waals surface area (Å²) in [7, 11) is 0. The molecular formula is C16H23BrO3. The molecule has 1 aromatic rings. The van der Waals surface area contributed by atoms with Crippen molar-refractivity contribution in [2.75, 3.05) is 13.2 Å². The number of benzene rings is 1. The van der Waals surface area contributed by atoms with Crippen LogP contribution in [-0.4, -0.2) is 19.2 Å². The third-order valence-electron chi connectivity index (χ3n) is 2.91. The lowest BCUT2D eigenvalue weighted by atomic mass is 10.1. The fraction of sp³-hybridized carbons (Fsp3) is 0.562. The highest BCUT2D eigenvalue weighted by molar-refractivity contribution is 9.08. The van der Waals surface area contributed by atoms with E-state index >= 15 is 0 Å². The Morgan fingerprint density at radius 2 is 1.85 bits per heavy atom. The minimum absolute atomic E-state index is 0.300. The van der Waals surface area contributed by atoms with Crippen molar-refractivity contribution >= 4 is 21.9 Å². The Morgan fingerprint density at radius 3 is 2.50 bits per heavy atom. The van der Waals surface area contributed by atoms with Crippen molar-refractivity contribution in [3.63, 3.8) is 0 Å². The number of hydrogen-bond acceptors (Lipinski definition) is 3. The number of unbranched alkanes of at least 4 members (excludes halogenated alkanes) is 2. The molecule has 0 unspecified atom stereocenters. The molecule has 0 aliphatic rings. The van der Waals surface area contributed by atoms with Crippen LogP contribution in [0.3, 0.4) is 0 Å². The van der Waals surface area contributed by atoms with Gasteiger partial charge in [-0.3, -0.25) is 0 Å². The fourth-order valence-corrected chi connectivity index (χ4v) is 2.00. The SMILES string of the molecule is CCCCOC(=O)c1ccc(CBr)cc1OCCCC. The molecule has 0 aliphatic carbocycles. The summed E-state index contributed by atoms with van der Waals surface area (Å²) in [5, 5.41) is 0.738. The second-order valence-electron chi connectivity index (χ2n) is 4.66. The largest absolute Gasteiger partial charge is 0.493 e. The van der Waals surface area contributed by atoms with Gasteiger partial charge in [-0.25, -0.2) is 4.79 Å². The van der Waals surface area contributed by atoms with Crippen molar-refractivity contribution in [1.82, 2.24) is 0 Å². The van der Waals surface area contributed by atoms with Gasteiger partial charge in [0, 0.05) is 5.33 Å². The summed E-state index contributed by atoms with van der Waals surface area (Å²) in [5.74, 6) is 0.322. The first-order valence-electron chi connectivity index (χ1n) is 7.21. The Labute approximate surface area is 129 Å². The molecule has 4 heteroatoms. The van der Waals surface area contributed by atoms with Gasteiger partial charge in [-0.15, -0.1) is 0 Å². The summed E-state index contributed by atoms with van der Waals surface area (Å²) in [6.45, 7) is 5.26. The maximum atomic E-state index is 12.1. The van der Waals surface area contributed by atoms with E-state index in [1.54, 1.807) is 6.07 Å². The van der Waals surface area contributed by atoms with Gasteiger partial charge in [0.15, 0.2) is 0 Å². The molecule has 1 aromatic carbocycles. The van der Waals surface area contributed by atoms with Gasteiger partial charge in [0.05, 0.1) is 13.2 Å². The van der Waals surface area contributed by atoms with E-state index in [1.807, 2.05) is 12.1 Å². The van der Waals surface area contributed by atoms with Gasteiger partial charge < -0.3 is 9.47 Å². The highest BCUT2D eigenvalue weighted by Crippen LogP contribution is 2.23. The lowest BCUT2D eigenvalue weighted by Gasteiger charge is -2.12. The molecule has 0 heterocycles. The summed E-state index contributed by atoms with van der Waals surface area (Å²) in [6.07, 6.45) is 3.93. The highest BCUT2D eigenvalue weighted by Gasteiger charge is 2.14. The standard InChI is InChI=1S/C16H23BrO3/c1-3-5-9-19-15-11-13(12-17)7-8-14(15)16(18)20-10-6-4-2/h7-8,11H,3-6,9-10,12H2,1-2H3. The van der Waals surface area contributed by atoms with E-state index in [-0.39, 0.29) is 5.97 Å². The molecule has 0 aromatic heterocycles. The van der Waals surface area contributed by atoms with Crippen LogP contribution in [0.4, 0.5) is 0 Å². The van der Waals surface area contributed by atoms with Crippen molar-refractivity contribution in [3.8, 4) is 5.75 Å². The fourth-order valence-electron chi connectivity index (χ4n) is 1.65.